The molecule has 1 fully saturated rings. The fourth-order valence-electron chi connectivity index (χ4n) is 2.98. The molecular weight excluding hydrogens is 327 g/mol. The van der Waals surface area contributed by atoms with Crippen molar-refractivity contribution in [1.29, 1.82) is 0 Å². The molecule has 6 nitrogen and oxygen atoms in total. The highest BCUT2D eigenvalue weighted by molar-refractivity contribution is 5.90. The molecule has 1 aromatic rings. The first-order valence-corrected chi connectivity index (χ1v) is 8.03. The number of carbonyl (C=O) groups excluding carboxylic acids is 2. The van der Waals surface area contributed by atoms with Gasteiger partial charge in [0, 0.05) is 25.8 Å². The second-order valence-electron chi connectivity index (χ2n) is 5.96. The maximum absolute atomic E-state index is 14.8. The number of hydrogen-bond donors (Lipinski definition) is 1. The molecule has 2 amide bonds. The molecule has 1 heterocycles. The normalized spacial score (nSPS) is 16.0. The van der Waals surface area contributed by atoms with Crippen LogP contribution in [0, 0.1) is 5.82 Å². The lowest BCUT2D eigenvalue weighted by Crippen LogP contribution is -2.52. The predicted octanol–water partition coefficient (Wildman–Crippen LogP) is 1.60. The number of rotatable bonds is 6. The van der Waals surface area contributed by atoms with Crippen molar-refractivity contribution in [2.45, 2.75) is 18.4 Å². The largest absolute Gasteiger partial charge is 0.494 e. The summed E-state index contributed by atoms with van der Waals surface area (Å²) in [5.41, 5.74) is -0.535. The number of nitrogens with one attached hydrogen (secondary N) is 1. The van der Waals surface area contributed by atoms with E-state index >= 15 is 0 Å². The average molecular weight is 350 g/mol. The second-order valence-corrected chi connectivity index (χ2v) is 5.96. The van der Waals surface area contributed by atoms with Gasteiger partial charge in [0.1, 0.15) is 0 Å². The van der Waals surface area contributed by atoms with Gasteiger partial charge < -0.3 is 19.7 Å². The van der Waals surface area contributed by atoms with Crippen molar-refractivity contribution in [3.63, 3.8) is 0 Å². The van der Waals surface area contributed by atoms with Gasteiger partial charge in [-0.3, -0.25) is 9.59 Å². The summed E-state index contributed by atoms with van der Waals surface area (Å²) < 4.78 is 25.2. The maximum Gasteiger partial charge on any atom is 0.246 e. The van der Waals surface area contributed by atoms with Crippen LogP contribution in [0.1, 0.15) is 18.4 Å². The summed E-state index contributed by atoms with van der Waals surface area (Å²) in [6.45, 7) is 4.06. The number of ether oxygens (including phenoxy) is 2. The maximum atomic E-state index is 14.8. The summed E-state index contributed by atoms with van der Waals surface area (Å²) in [7, 11) is 2.90. The number of amides is 2. The van der Waals surface area contributed by atoms with Crippen LogP contribution in [0.25, 0.3) is 0 Å². The topological polar surface area (TPSA) is 67.9 Å². The van der Waals surface area contributed by atoms with Crippen LogP contribution in [-0.4, -0.2) is 50.6 Å². The minimum atomic E-state index is -0.897. The summed E-state index contributed by atoms with van der Waals surface area (Å²) >= 11 is 0. The smallest absolute Gasteiger partial charge is 0.246 e. The van der Waals surface area contributed by atoms with Crippen LogP contribution in [-0.2, 0) is 19.9 Å². The Bertz CT molecular complexity index is 656. The molecule has 0 spiro atoms. The van der Waals surface area contributed by atoms with E-state index in [0.29, 0.717) is 31.6 Å². The minimum absolute atomic E-state index is 0.122. The molecule has 0 atom stereocenters. The van der Waals surface area contributed by atoms with Crippen LogP contribution in [0.4, 0.5) is 4.39 Å². The third-order valence-corrected chi connectivity index (χ3v) is 4.36. The molecule has 2 rings (SSSR count). The first-order chi connectivity index (χ1) is 11.9. The van der Waals surface area contributed by atoms with Crippen molar-refractivity contribution in [2.24, 2.45) is 0 Å². The van der Waals surface area contributed by atoms with Gasteiger partial charge in [0.05, 0.1) is 19.2 Å². The van der Waals surface area contributed by atoms with E-state index in [-0.39, 0.29) is 24.1 Å². The molecule has 1 aromatic carbocycles. The lowest BCUT2D eigenvalue weighted by Gasteiger charge is -2.39. The number of likely N-dealkylation sites (N-methyl/N-ethyl adjacent to an activating group) is 1. The lowest BCUT2D eigenvalue weighted by atomic mass is 9.82. The van der Waals surface area contributed by atoms with Crippen LogP contribution < -0.4 is 10.1 Å². The molecule has 0 aromatic heterocycles. The SMILES string of the molecule is C=CC(=O)N(C)CC(=O)NC1(c2cccc(OC)c2F)CCOCC1. The first kappa shape index (κ1) is 18.9. The van der Waals surface area contributed by atoms with Crippen molar-refractivity contribution >= 4 is 11.8 Å². The number of methoxy groups -OCH3 is 1. The van der Waals surface area contributed by atoms with Crippen molar-refractivity contribution < 1.29 is 23.5 Å². The van der Waals surface area contributed by atoms with Gasteiger partial charge in [-0.25, -0.2) is 4.39 Å². The van der Waals surface area contributed by atoms with Gasteiger partial charge in [0.15, 0.2) is 11.6 Å². The summed E-state index contributed by atoms with van der Waals surface area (Å²) in [4.78, 5) is 25.3. The number of carbonyl (C=O) groups is 2. The molecule has 1 aliphatic heterocycles. The monoisotopic (exact) mass is 350 g/mol. The molecular formula is C18H23FN2O4. The van der Waals surface area contributed by atoms with Crippen LogP contribution in [0.5, 0.6) is 5.75 Å². The van der Waals surface area contributed by atoms with Gasteiger partial charge >= 0.3 is 0 Å². The molecule has 0 aliphatic carbocycles. The number of benzene rings is 1. The first-order valence-electron chi connectivity index (χ1n) is 8.03. The van der Waals surface area contributed by atoms with Crippen LogP contribution in [0.2, 0.25) is 0 Å². The minimum Gasteiger partial charge on any atom is -0.494 e. The highest BCUT2D eigenvalue weighted by Crippen LogP contribution is 2.36. The zero-order chi connectivity index (χ0) is 18.4. The van der Waals surface area contributed by atoms with Crippen LogP contribution in [0.15, 0.2) is 30.9 Å². The highest BCUT2D eigenvalue weighted by Gasteiger charge is 2.39. The number of hydrogen-bond acceptors (Lipinski definition) is 4. The predicted molar refractivity (Wildman–Crippen MR) is 90.7 cm³/mol. The Morgan fingerprint density at radius 2 is 2.12 bits per heavy atom. The fourth-order valence-corrected chi connectivity index (χ4v) is 2.98. The molecule has 0 bridgehead atoms. The van der Waals surface area contributed by atoms with E-state index in [0.717, 1.165) is 6.08 Å². The van der Waals surface area contributed by atoms with E-state index in [1.165, 1.54) is 25.1 Å². The van der Waals surface area contributed by atoms with Gasteiger partial charge in [0.2, 0.25) is 11.8 Å². The number of halogens is 1. The van der Waals surface area contributed by atoms with Crippen LogP contribution in [0.3, 0.4) is 0 Å². The Morgan fingerprint density at radius 3 is 2.72 bits per heavy atom. The Balaban J connectivity index is 2.28. The van der Waals surface area contributed by atoms with E-state index in [4.69, 9.17) is 9.47 Å². The summed E-state index contributed by atoms with van der Waals surface area (Å²) in [5, 5.41) is 2.91. The molecule has 1 aliphatic rings. The van der Waals surface area contributed by atoms with Crippen LogP contribution >= 0.6 is 0 Å². The highest BCUT2D eigenvalue weighted by atomic mass is 19.1. The Hall–Kier alpha value is -2.41. The Morgan fingerprint density at radius 1 is 1.44 bits per heavy atom. The molecule has 1 N–H and O–H groups in total. The van der Waals surface area contributed by atoms with Crippen molar-refractivity contribution in [2.75, 3.05) is 33.9 Å². The third-order valence-electron chi connectivity index (χ3n) is 4.36. The van der Waals surface area contributed by atoms with E-state index < -0.39 is 11.4 Å². The van der Waals surface area contributed by atoms with E-state index in [2.05, 4.69) is 11.9 Å². The zero-order valence-electron chi connectivity index (χ0n) is 14.5. The summed E-state index contributed by atoms with van der Waals surface area (Å²) in [6.07, 6.45) is 2.00. The van der Waals surface area contributed by atoms with Gasteiger partial charge in [-0.05, 0) is 25.0 Å². The fraction of sp³-hybridized carbons (Fsp3) is 0.444. The van der Waals surface area contributed by atoms with E-state index in [1.807, 2.05) is 0 Å². The third kappa shape index (κ3) is 4.17. The van der Waals surface area contributed by atoms with Gasteiger partial charge in [-0.15, -0.1) is 0 Å². The quantitative estimate of drug-likeness (QED) is 0.792. The molecule has 1 saturated heterocycles. The number of nitrogens with zero attached hydrogens (tertiary/aromatic N) is 1. The second kappa shape index (κ2) is 8.11. The van der Waals surface area contributed by atoms with Gasteiger partial charge in [-0.2, -0.15) is 0 Å². The van der Waals surface area contributed by atoms with E-state index in [9.17, 15) is 14.0 Å². The standard InChI is InChI=1S/C18H23FN2O4/c1-4-16(23)21(2)12-15(22)20-18(8-10-25-11-9-18)13-6-5-7-14(24-3)17(13)19/h4-7H,1,8-12H2,2-3H3,(H,20,22). The summed E-state index contributed by atoms with van der Waals surface area (Å²) in [5.74, 6) is -1.11. The molecule has 7 heteroatoms. The molecule has 0 radical (unpaired) electrons. The van der Waals surface area contributed by atoms with E-state index in [1.54, 1.807) is 12.1 Å². The lowest BCUT2D eigenvalue weighted by molar-refractivity contribution is -0.133. The molecule has 0 saturated carbocycles. The van der Waals surface area contributed by atoms with Crippen molar-refractivity contribution in [3.8, 4) is 5.75 Å². The average Bonchev–Trinajstić information content (AvgIpc) is 2.61. The summed E-state index contributed by atoms with van der Waals surface area (Å²) in [6, 6.07) is 4.86. The molecule has 0 unspecified atom stereocenters. The van der Waals surface area contributed by atoms with Gasteiger partial charge in [0.25, 0.3) is 0 Å². The Labute approximate surface area is 146 Å². The molecule has 136 valence electrons. The van der Waals surface area contributed by atoms with Gasteiger partial charge in [-0.1, -0.05) is 18.7 Å². The van der Waals surface area contributed by atoms with Crippen molar-refractivity contribution in [1.82, 2.24) is 10.2 Å². The Kier molecular flexibility index (Phi) is 6.14. The van der Waals surface area contributed by atoms with Crippen molar-refractivity contribution in [3.05, 3.63) is 42.2 Å². The zero-order valence-corrected chi connectivity index (χ0v) is 14.5. The molecule has 25 heavy (non-hydrogen) atoms.